The van der Waals surface area contributed by atoms with E-state index in [2.05, 4.69) is 51.6 Å². The van der Waals surface area contributed by atoms with E-state index in [1.54, 1.807) is 0 Å². The summed E-state index contributed by atoms with van der Waals surface area (Å²) in [5.41, 5.74) is 5.62. The molecule has 0 unspecified atom stereocenters. The highest BCUT2D eigenvalue weighted by Gasteiger charge is 2.13. The van der Waals surface area contributed by atoms with Crippen LogP contribution in [0, 0.1) is 0 Å². The van der Waals surface area contributed by atoms with Crippen LogP contribution >= 0.6 is 0 Å². The van der Waals surface area contributed by atoms with E-state index in [-0.39, 0.29) is 0 Å². The molecular weight excluding hydrogens is 322 g/mol. The van der Waals surface area contributed by atoms with Crippen LogP contribution in [0.25, 0.3) is 49.6 Å². The summed E-state index contributed by atoms with van der Waals surface area (Å²) in [4.78, 5) is 3.31. The largest absolute Gasteiger partial charge is 0.360 e. The van der Waals surface area contributed by atoms with Crippen molar-refractivity contribution in [3.05, 3.63) is 72.9 Å². The fourth-order valence-corrected chi connectivity index (χ4v) is 3.66. The minimum absolute atomic E-state index is 0.744. The number of hydrogen-bond acceptors (Lipinski definition) is 3. The van der Waals surface area contributed by atoms with E-state index in [0.29, 0.717) is 0 Å². The Bertz CT molecular complexity index is 1440. The van der Waals surface area contributed by atoms with Gasteiger partial charge in [-0.05, 0) is 17.5 Å². The number of hydrogen-bond donors (Lipinski definition) is 1. The molecule has 3 aromatic heterocycles. The average molecular weight is 335 g/mol. The molecule has 0 atom stereocenters. The average Bonchev–Trinajstić information content (AvgIpc) is 3.31. The third kappa shape index (κ3) is 1.77. The van der Waals surface area contributed by atoms with Gasteiger partial charge < -0.3 is 4.98 Å². The predicted octanol–water partition coefficient (Wildman–Crippen LogP) is 4.58. The summed E-state index contributed by atoms with van der Waals surface area (Å²) in [6.07, 6.45) is 2.00. The molecule has 0 aliphatic rings. The van der Waals surface area contributed by atoms with Crippen LogP contribution < -0.4 is 0 Å². The molecule has 0 amide bonds. The highest BCUT2D eigenvalue weighted by molar-refractivity contribution is 6.04. The first-order valence-electron chi connectivity index (χ1n) is 8.49. The number of benzene rings is 3. The second-order valence-electron chi connectivity index (χ2n) is 6.40. The van der Waals surface area contributed by atoms with Gasteiger partial charge in [0.05, 0.1) is 11.2 Å². The first-order chi connectivity index (χ1) is 12.9. The summed E-state index contributed by atoms with van der Waals surface area (Å²) in [7, 11) is 0. The molecule has 0 aliphatic heterocycles. The Labute approximate surface area is 147 Å². The molecule has 26 heavy (non-hydrogen) atoms. The smallest absolute Gasteiger partial charge is 0.178 e. The number of nitrogens with zero attached hydrogens (tertiary/aromatic N) is 4. The van der Waals surface area contributed by atoms with Crippen molar-refractivity contribution in [3.8, 4) is 11.3 Å². The van der Waals surface area contributed by atoms with Gasteiger partial charge >= 0.3 is 0 Å². The quantitative estimate of drug-likeness (QED) is 0.447. The number of para-hydroxylation sites is 1. The van der Waals surface area contributed by atoms with E-state index >= 15 is 0 Å². The van der Waals surface area contributed by atoms with Gasteiger partial charge in [0.25, 0.3) is 0 Å². The lowest BCUT2D eigenvalue weighted by Gasteiger charge is -2.03. The van der Waals surface area contributed by atoms with Gasteiger partial charge in [0.15, 0.2) is 5.65 Å². The minimum atomic E-state index is 0.744. The van der Waals surface area contributed by atoms with Crippen molar-refractivity contribution >= 4 is 38.4 Å². The van der Waals surface area contributed by atoms with Crippen molar-refractivity contribution in [3.63, 3.8) is 0 Å². The lowest BCUT2D eigenvalue weighted by atomic mass is 10.1. The second-order valence-corrected chi connectivity index (χ2v) is 6.40. The molecule has 122 valence electrons. The maximum absolute atomic E-state index is 4.83. The second kappa shape index (κ2) is 4.89. The van der Waals surface area contributed by atoms with Gasteiger partial charge in [-0.3, -0.25) is 0 Å². The summed E-state index contributed by atoms with van der Waals surface area (Å²) in [6, 6.07) is 22.6. The van der Waals surface area contributed by atoms with Crippen molar-refractivity contribution in [2.75, 3.05) is 0 Å². The van der Waals surface area contributed by atoms with Gasteiger partial charge in [0.1, 0.15) is 5.52 Å². The van der Waals surface area contributed by atoms with Crippen LogP contribution in [0.2, 0.25) is 0 Å². The molecular formula is C21H13N5. The zero-order valence-electron chi connectivity index (χ0n) is 13.7. The molecule has 5 nitrogen and oxygen atoms in total. The van der Waals surface area contributed by atoms with Crippen LogP contribution in [-0.2, 0) is 0 Å². The van der Waals surface area contributed by atoms with Crippen molar-refractivity contribution < 1.29 is 0 Å². The predicted molar refractivity (Wildman–Crippen MR) is 103 cm³/mol. The Kier molecular flexibility index (Phi) is 2.55. The van der Waals surface area contributed by atoms with Gasteiger partial charge in [-0.15, -0.1) is 10.2 Å². The molecule has 5 heteroatoms. The lowest BCUT2D eigenvalue weighted by molar-refractivity contribution is 0.948. The van der Waals surface area contributed by atoms with E-state index in [1.807, 2.05) is 41.0 Å². The Morgan fingerprint density at radius 2 is 1.65 bits per heavy atom. The molecule has 6 aromatic rings. The number of aromatic amines is 1. The molecule has 0 spiro atoms. The van der Waals surface area contributed by atoms with Crippen LogP contribution in [0.1, 0.15) is 0 Å². The molecule has 0 radical (unpaired) electrons. The maximum Gasteiger partial charge on any atom is 0.178 e. The monoisotopic (exact) mass is 335 g/mol. The molecule has 0 aliphatic carbocycles. The summed E-state index contributed by atoms with van der Waals surface area (Å²) >= 11 is 0. The van der Waals surface area contributed by atoms with Crippen LogP contribution in [0.5, 0.6) is 0 Å². The van der Waals surface area contributed by atoms with Crippen molar-refractivity contribution in [2.24, 2.45) is 0 Å². The fraction of sp³-hybridized carbons (Fsp3) is 0. The zero-order valence-corrected chi connectivity index (χ0v) is 13.7. The number of rotatable bonds is 1. The first kappa shape index (κ1) is 13.5. The highest BCUT2D eigenvalue weighted by atomic mass is 15.3. The highest BCUT2D eigenvalue weighted by Crippen LogP contribution is 2.29. The Balaban J connectivity index is 1.68. The van der Waals surface area contributed by atoms with Crippen LogP contribution in [0.4, 0.5) is 0 Å². The van der Waals surface area contributed by atoms with E-state index in [9.17, 15) is 0 Å². The first-order valence-corrected chi connectivity index (χ1v) is 8.49. The van der Waals surface area contributed by atoms with Crippen molar-refractivity contribution in [2.45, 2.75) is 0 Å². The SMILES string of the molecule is c1ccc2c(c1)ccc1c2nnc2cc(-c3c[nH]c4ccccc34)nn21. The van der Waals surface area contributed by atoms with E-state index in [0.717, 1.165) is 49.6 Å². The molecule has 0 saturated carbocycles. The van der Waals surface area contributed by atoms with Crippen LogP contribution in [0.3, 0.4) is 0 Å². The Morgan fingerprint density at radius 1 is 0.808 bits per heavy atom. The van der Waals surface area contributed by atoms with Gasteiger partial charge in [-0.1, -0.05) is 48.5 Å². The van der Waals surface area contributed by atoms with Gasteiger partial charge in [0.2, 0.25) is 0 Å². The Morgan fingerprint density at radius 3 is 2.62 bits per heavy atom. The third-order valence-corrected chi connectivity index (χ3v) is 4.92. The van der Waals surface area contributed by atoms with Crippen molar-refractivity contribution in [1.82, 2.24) is 24.8 Å². The van der Waals surface area contributed by atoms with E-state index < -0.39 is 0 Å². The maximum atomic E-state index is 4.83. The fourth-order valence-electron chi connectivity index (χ4n) is 3.66. The summed E-state index contributed by atoms with van der Waals surface area (Å²) in [6.45, 7) is 0. The number of nitrogens with one attached hydrogen (secondary N) is 1. The van der Waals surface area contributed by atoms with E-state index in [1.165, 1.54) is 0 Å². The minimum Gasteiger partial charge on any atom is -0.360 e. The Hall–Kier alpha value is -3.73. The molecule has 6 rings (SSSR count). The molecule has 0 saturated heterocycles. The molecule has 0 fully saturated rings. The van der Waals surface area contributed by atoms with Crippen LogP contribution in [0.15, 0.2) is 72.9 Å². The molecule has 3 aromatic carbocycles. The van der Waals surface area contributed by atoms with Crippen molar-refractivity contribution in [1.29, 1.82) is 0 Å². The molecule has 3 heterocycles. The summed E-state index contributed by atoms with van der Waals surface area (Å²) < 4.78 is 1.88. The zero-order chi connectivity index (χ0) is 17.1. The molecule has 1 N–H and O–H groups in total. The van der Waals surface area contributed by atoms with Crippen LogP contribution in [-0.4, -0.2) is 24.8 Å². The topological polar surface area (TPSA) is 58.9 Å². The van der Waals surface area contributed by atoms with Gasteiger partial charge in [-0.2, -0.15) is 5.10 Å². The van der Waals surface area contributed by atoms with E-state index in [4.69, 9.17) is 5.10 Å². The van der Waals surface area contributed by atoms with Gasteiger partial charge in [-0.25, -0.2) is 4.52 Å². The number of aromatic nitrogens is 5. The number of H-pyrrole nitrogens is 1. The lowest BCUT2D eigenvalue weighted by Crippen LogP contribution is -1.96. The normalized spacial score (nSPS) is 11.8. The summed E-state index contributed by atoms with van der Waals surface area (Å²) in [5.74, 6) is 0. The number of fused-ring (bicyclic) bond motifs is 6. The molecule has 0 bridgehead atoms. The van der Waals surface area contributed by atoms with Gasteiger partial charge in [0, 0.05) is 34.1 Å². The third-order valence-electron chi connectivity index (χ3n) is 4.92. The standard InChI is InChI=1S/C21H13N5/c1-2-6-14-13(5-1)9-10-19-21(14)24-23-20-11-18(25-26(19)20)16-12-22-17-8-4-3-7-15(16)17/h1-12,22H. The summed E-state index contributed by atoms with van der Waals surface area (Å²) in [5, 5.41) is 17.1.